The molecule has 2 rings (SSSR count). The third kappa shape index (κ3) is 4.21. The van der Waals surface area contributed by atoms with Gasteiger partial charge in [0.05, 0.1) is 6.10 Å². The van der Waals surface area contributed by atoms with Crippen LogP contribution in [-0.2, 0) is 0 Å². The van der Waals surface area contributed by atoms with E-state index in [0.29, 0.717) is 12.6 Å². The summed E-state index contributed by atoms with van der Waals surface area (Å²) < 4.78 is 5.61. The Kier molecular flexibility index (Phi) is 5.62. The second-order valence-corrected chi connectivity index (χ2v) is 5.92. The van der Waals surface area contributed by atoms with Crippen molar-refractivity contribution < 1.29 is 9.53 Å². The lowest BCUT2D eigenvalue weighted by Crippen LogP contribution is -2.44. The molecule has 21 heavy (non-hydrogen) atoms. The molecule has 1 unspecified atom stereocenters. The second-order valence-electron chi connectivity index (χ2n) is 5.92. The number of ether oxygens (including phenoxy) is 1. The fourth-order valence-electron chi connectivity index (χ4n) is 2.87. The summed E-state index contributed by atoms with van der Waals surface area (Å²) in [4.78, 5) is 14.7. The average molecular weight is 290 g/mol. The number of carbonyl (C=O) groups is 1. The molecule has 1 aromatic carbocycles. The highest BCUT2D eigenvalue weighted by Gasteiger charge is 2.26. The van der Waals surface area contributed by atoms with Gasteiger partial charge in [0.1, 0.15) is 5.75 Å². The van der Waals surface area contributed by atoms with Gasteiger partial charge in [0.15, 0.2) is 0 Å². The number of benzene rings is 1. The van der Waals surface area contributed by atoms with Crippen LogP contribution in [0.15, 0.2) is 24.3 Å². The van der Waals surface area contributed by atoms with Gasteiger partial charge < -0.3 is 15.4 Å². The number of amides is 1. The van der Waals surface area contributed by atoms with Crippen LogP contribution in [0.5, 0.6) is 5.75 Å². The summed E-state index contributed by atoms with van der Waals surface area (Å²) >= 11 is 0. The predicted octanol–water partition coefficient (Wildman–Crippen LogP) is 2.82. The van der Waals surface area contributed by atoms with E-state index in [1.165, 1.54) is 6.42 Å². The monoisotopic (exact) mass is 290 g/mol. The SMILES string of the molecule is CC(C)Oc1ccc(C(=O)N2CCCCC2CCN)cc1. The summed E-state index contributed by atoms with van der Waals surface area (Å²) in [5, 5.41) is 0. The third-order valence-electron chi connectivity index (χ3n) is 3.86. The first-order valence-corrected chi connectivity index (χ1v) is 7.89. The summed E-state index contributed by atoms with van der Waals surface area (Å²) in [5.74, 6) is 0.919. The fraction of sp³-hybridized carbons (Fsp3) is 0.588. The number of carbonyl (C=O) groups excluding carboxylic acids is 1. The van der Waals surface area contributed by atoms with Gasteiger partial charge in [0.25, 0.3) is 5.91 Å². The Morgan fingerprint density at radius 3 is 2.67 bits per heavy atom. The Morgan fingerprint density at radius 2 is 2.05 bits per heavy atom. The molecule has 4 nitrogen and oxygen atoms in total. The van der Waals surface area contributed by atoms with Gasteiger partial charge in [-0.15, -0.1) is 0 Å². The van der Waals surface area contributed by atoms with Crippen molar-refractivity contribution in [2.45, 2.75) is 51.7 Å². The van der Waals surface area contributed by atoms with Crippen molar-refractivity contribution in [1.82, 2.24) is 4.90 Å². The molecule has 0 aliphatic carbocycles. The molecule has 116 valence electrons. The molecule has 1 fully saturated rings. The first kappa shape index (κ1) is 15.8. The number of hydrogen-bond donors (Lipinski definition) is 1. The van der Waals surface area contributed by atoms with Gasteiger partial charge in [0.2, 0.25) is 0 Å². The maximum Gasteiger partial charge on any atom is 0.254 e. The van der Waals surface area contributed by atoms with E-state index in [9.17, 15) is 4.79 Å². The Balaban J connectivity index is 2.07. The Hall–Kier alpha value is -1.55. The molecule has 0 aromatic heterocycles. The minimum atomic E-state index is 0.115. The van der Waals surface area contributed by atoms with Crippen molar-refractivity contribution in [3.8, 4) is 5.75 Å². The minimum absolute atomic E-state index is 0.115. The molecule has 1 amide bonds. The molecule has 1 aromatic rings. The maximum atomic E-state index is 12.7. The highest BCUT2D eigenvalue weighted by Crippen LogP contribution is 2.22. The van der Waals surface area contributed by atoms with Crippen molar-refractivity contribution in [3.05, 3.63) is 29.8 Å². The van der Waals surface area contributed by atoms with Crippen LogP contribution in [0.25, 0.3) is 0 Å². The van der Waals surface area contributed by atoms with Crippen molar-refractivity contribution in [2.75, 3.05) is 13.1 Å². The van der Waals surface area contributed by atoms with Gasteiger partial charge in [-0.05, 0) is 70.3 Å². The highest BCUT2D eigenvalue weighted by molar-refractivity contribution is 5.94. The van der Waals surface area contributed by atoms with E-state index in [1.807, 2.05) is 43.0 Å². The first-order valence-electron chi connectivity index (χ1n) is 7.89. The number of nitrogens with zero attached hydrogens (tertiary/aromatic N) is 1. The minimum Gasteiger partial charge on any atom is -0.491 e. The zero-order valence-electron chi connectivity index (χ0n) is 13.0. The van der Waals surface area contributed by atoms with E-state index in [2.05, 4.69) is 0 Å². The van der Waals surface area contributed by atoms with E-state index >= 15 is 0 Å². The zero-order valence-corrected chi connectivity index (χ0v) is 13.0. The molecule has 1 atom stereocenters. The fourth-order valence-corrected chi connectivity index (χ4v) is 2.87. The van der Waals surface area contributed by atoms with Crippen LogP contribution < -0.4 is 10.5 Å². The van der Waals surface area contributed by atoms with Crippen LogP contribution >= 0.6 is 0 Å². The molecule has 1 aliphatic rings. The van der Waals surface area contributed by atoms with E-state index in [-0.39, 0.29) is 12.0 Å². The summed E-state index contributed by atoms with van der Waals surface area (Å²) in [6, 6.07) is 7.75. The molecule has 1 aliphatic heterocycles. The Bertz CT molecular complexity index is 454. The van der Waals surface area contributed by atoms with Crippen molar-refractivity contribution in [2.24, 2.45) is 5.73 Å². The van der Waals surface area contributed by atoms with Gasteiger partial charge in [-0.2, -0.15) is 0 Å². The second kappa shape index (κ2) is 7.46. The average Bonchev–Trinajstić information content (AvgIpc) is 2.48. The molecular weight excluding hydrogens is 264 g/mol. The maximum absolute atomic E-state index is 12.7. The number of rotatable bonds is 5. The third-order valence-corrected chi connectivity index (χ3v) is 3.86. The van der Waals surface area contributed by atoms with Crippen molar-refractivity contribution >= 4 is 5.91 Å². The highest BCUT2D eigenvalue weighted by atomic mass is 16.5. The van der Waals surface area contributed by atoms with Crippen LogP contribution in [-0.4, -0.2) is 36.0 Å². The van der Waals surface area contributed by atoms with Crippen LogP contribution in [0.4, 0.5) is 0 Å². The molecule has 0 spiro atoms. The normalized spacial score (nSPS) is 18.9. The lowest BCUT2D eigenvalue weighted by Gasteiger charge is -2.35. The number of hydrogen-bond acceptors (Lipinski definition) is 3. The van der Waals surface area contributed by atoms with E-state index < -0.39 is 0 Å². The standard InChI is InChI=1S/C17H26N2O2/c1-13(2)21-16-8-6-14(7-9-16)17(20)19-12-4-3-5-15(19)10-11-18/h6-9,13,15H,3-5,10-12,18H2,1-2H3. The van der Waals surface area contributed by atoms with Crippen LogP contribution in [0.2, 0.25) is 0 Å². The van der Waals surface area contributed by atoms with E-state index in [0.717, 1.165) is 37.1 Å². The summed E-state index contributed by atoms with van der Waals surface area (Å²) in [6.07, 6.45) is 4.37. The number of nitrogens with two attached hydrogens (primary N) is 1. The summed E-state index contributed by atoms with van der Waals surface area (Å²) in [7, 11) is 0. The lowest BCUT2D eigenvalue weighted by molar-refractivity contribution is 0.0605. The molecule has 4 heteroatoms. The Morgan fingerprint density at radius 1 is 1.33 bits per heavy atom. The predicted molar refractivity (Wildman–Crippen MR) is 84.6 cm³/mol. The molecular formula is C17H26N2O2. The van der Waals surface area contributed by atoms with E-state index in [1.54, 1.807) is 0 Å². The van der Waals surface area contributed by atoms with Gasteiger partial charge in [-0.3, -0.25) is 4.79 Å². The van der Waals surface area contributed by atoms with Crippen LogP contribution in [0.1, 0.15) is 49.9 Å². The lowest BCUT2D eigenvalue weighted by atomic mass is 9.98. The first-order chi connectivity index (χ1) is 10.1. The van der Waals surface area contributed by atoms with Crippen LogP contribution in [0.3, 0.4) is 0 Å². The molecule has 0 bridgehead atoms. The summed E-state index contributed by atoms with van der Waals surface area (Å²) in [5.41, 5.74) is 6.40. The quantitative estimate of drug-likeness (QED) is 0.907. The number of likely N-dealkylation sites (tertiary alicyclic amines) is 1. The van der Waals surface area contributed by atoms with Crippen molar-refractivity contribution in [1.29, 1.82) is 0 Å². The van der Waals surface area contributed by atoms with Gasteiger partial charge in [-0.1, -0.05) is 0 Å². The van der Waals surface area contributed by atoms with Gasteiger partial charge in [-0.25, -0.2) is 0 Å². The molecule has 2 N–H and O–H groups in total. The summed E-state index contributed by atoms with van der Waals surface area (Å²) in [6.45, 7) is 5.46. The zero-order chi connectivity index (χ0) is 15.2. The molecule has 1 heterocycles. The molecule has 1 saturated heterocycles. The van der Waals surface area contributed by atoms with Crippen molar-refractivity contribution in [3.63, 3.8) is 0 Å². The van der Waals surface area contributed by atoms with Gasteiger partial charge in [0, 0.05) is 18.2 Å². The van der Waals surface area contributed by atoms with Crippen LogP contribution in [0, 0.1) is 0 Å². The Labute approximate surface area is 127 Å². The number of piperidine rings is 1. The molecule has 0 radical (unpaired) electrons. The largest absolute Gasteiger partial charge is 0.491 e. The van der Waals surface area contributed by atoms with Gasteiger partial charge >= 0.3 is 0 Å². The van der Waals surface area contributed by atoms with E-state index in [4.69, 9.17) is 10.5 Å². The smallest absolute Gasteiger partial charge is 0.254 e. The topological polar surface area (TPSA) is 55.6 Å². The molecule has 0 saturated carbocycles.